The van der Waals surface area contributed by atoms with Gasteiger partial charge in [0.25, 0.3) is 0 Å². The number of carbonyl (C=O) groups is 1. The molecular formula is C12H17N3O3S2. The van der Waals surface area contributed by atoms with Crippen LogP contribution in [0.2, 0.25) is 0 Å². The molecule has 8 heteroatoms. The van der Waals surface area contributed by atoms with Crippen LogP contribution in [0.4, 0.5) is 0 Å². The predicted molar refractivity (Wildman–Crippen MR) is 80.7 cm³/mol. The van der Waals surface area contributed by atoms with E-state index in [1.54, 1.807) is 19.9 Å². The van der Waals surface area contributed by atoms with E-state index in [-0.39, 0.29) is 16.3 Å². The summed E-state index contributed by atoms with van der Waals surface area (Å²) in [6, 6.07) is 3.88. The topological polar surface area (TPSA) is 115 Å². The number of thiocarbonyl (C=S) groups is 1. The molecule has 0 fully saturated rings. The van der Waals surface area contributed by atoms with Crippen molar-refractivity contribution >= 4 is 33.1 Å². The number of rotatable bonds is 6. The summed E-state index contributed by atoms with van der Waals surface area (Å²) in [5.41, 5.74) is 11.8. The third-order valence-electron chi connectivity index (χ3n) is 2.64. The van der Waals surface area contributed by atoms with E-state index < -0.39 is 22.0 Å². The van der Waals surface area contributed by atoms with Crippen molar-refractivity contribution in [1.29, 1.82) is 0 Å². The van der Waals surface area contributed by atoms with Gasteiger partial charge in [0, 0.05) is 18.0 Å². The van der Waals surface area contributed by atoms with Gasteiger partial charge in [0.1, 0.15) is 4.99 Å². The van der Waals surface area contributed by atoms with Crippen LogP contribution in [0.3, 0.4) is 0 Å². The van der Waals surface area contributed by atoms with Gasteiger partial charge in [-0.2, -0.15) is 0 Å². The number of benzene rings is 1. The number of hydrogen-bond acceptors (Lipinski definition) is 4. The average Bonchev–Trinajstić information content (AvgIpc) is 2.25. The van der Waals surface area contributed by atoms with Gasteiger partial charge in [-0.25, -0.2) is 13.1 Å². The number of amides is 1. The van der Waals surface area contributed by atoms with Crippen molar-refractivity contribution in [2.45, 2.75) is 31.2 Å². The summed E-state index contributed by atoms with van der Waals surface area (Å²) in [6.45, 7) is 3.29. The van der Waals surface area contributed by atoms with Gasteiger partial charge in [-0.3, -0.25) is 4.79 Å². The van der Waals surface area contributed by atoms with Crippen LogP contribution in [0.5, 0.6) is 0 Å². The minimum atomic E-state index is -3.71. The van der Waals surface area contributed by atoms with E-state index in [2.05, 4.69) is 4.72 Å². The zero-order chi connectivity index (χ0) is 15.5. The molecule has 1 atom stereocenters. The van der Waals surface area contributed by atoms with Crippen molar-refractivity contribution in [2.75, 3.05) is 0 Å². The van der Waals surface area contributed by atoms with Crippen molar-refractivity contribution in [3.63, 3.8) is 0 Å². The summed E-state index contributed by atoms with van der Waals surface area (Å²) in [5.74, 6) is -0.569. The molecule has 0 aromatic heterocycles. The molecule has 0 saturated carbocycles. The van der Waals surface area contributed by atoms with Crippen LogP contribution in [-0.4, -0.2) is 25.4 Å². The second kappa shape index (κ2) is 6.29. The summed E-state index contributed by atoms with van der Waals surface area (Å²) < 4.78 is 26.6. The molecule has 0 aliphatic heterocycles. The van der Waals surface area contributed by atoms with Gasteiger partial charge in [0.2, 0.25) is 15.9 Å². The van der Waals surface area contributed by atoms with Gasteiger partial charge < -0.3 is 11.5 Å². The normalized spacial score (nSPS) is 12.9. The Morgan fingerprint density at radius 3 is 2.45 bits per heavy atom. The molecule has 0 radical (unpaired) electrons. The first-order chi connectivity index (χ1) is 9.13. The Labute approximate surface area is 123 Å². The maximum atomic E-state index is 12.1. The summed E-state index contributed by atoms with van der Waals surface area (Å²) in [6.07, 6.45) is -0.0663. The first-order valence-electron chi connectivity index (χ1n) is 5.84. The molecule has 0 aliphatic rings. The lowest BCUT2D eigenvalue weighted by Crippen LogP contribution is -2.35. The van der Waals surface area contributed by atoms with Crippen LogP contribution in [0.15, 0.2) is 23.1 Å². The van der Waals surface area contributed by atoms with Gasteiger partial charge in [-0.15, -0.1) is 0 Å². The van der Waals surface area contributed by atoms with Gasteiger partial charge in [0.05, 0.1) is 4.90 Å². The van der Waals surface area contributed by atoms with Crippen LogP contribution >= 0.6 is 12.2 Å². The molecule has 1 rings (SSSR count). The zero-order valence-electron chi connectivity index (χ0n) is 11.2. The van der Waals surface area contributed by atoms with Gasteiger partial charge in [-0.05, 0) is 31.5 Å². The molecule has 0 aliphatic carbocycles. The molecule has 20 heavy (non-hydrogen) atoms. The Kier molecular flexibility index (Phi) is 5.21. The highest BCUT2D eigenvalue weighted by Crippen LogP contribution is 2.16. The van der Waals surface area contributed by atoms with E-state index in [0.29, 0.717) is 11.1 Å². The van der Waals surface area contributed by atoms with Crippen LogP contribution < -0.4 is 16.2 Å². The van der Waals surface area contributed by atoms with Gasteiger partial charge in [0.15, 0.2) is 0 Å². The van der Waals surface area contributed by atoms with E-state index in [1.807, 2.05) is 0 Å². The maximum Gasteiger partial charge on any atom is 0.240 e. The van der Waals surface area contributed by atoms with Crippen molar-refractivity contribution in [1.82, 2.24) is 4.72 Å². The van der Waals surface area contributed by atoms with E-state index in [4.69, 9.17) is 23.7 Å². The molecule has 1 aromatic rings. The first kappa shape index (κ1) is 16.5. The van der Waals surface area contributed by atoms with Crippen LogP contribution in [0.1, 0.15) is 24.5 Å². The summed E-state index contributed by atoms with van der Waals surface area (Å²) >= 11 is 4.86. The van der Waals surface area contributed by atoms with Crippen LogP contribution in [0, 0.1) is 6.92 Å². The van der Waals surface area contributed by atoms with Crippen molar-refractivity contribution in [3.8, 4) is 0 Å². The average molecular weight is 315 g/mol. The van der Waals surface area contributed by atoms with E-state index in [1.165, 1.54) is 12.1 Å². The molecule has 0 spiro atoms. The second-order valence-electron chi connectivity index (χ2n) is 4.53. The smallest absolute Gasteiger partial charge is 0.240 e. The number of hydrogen-bond donors (Lipinski definition) is 3. The fourth-order valence-electron chi connectivity index (χ4n) is 1.76. The third kappa shape index (κ3) is 4.26. The quantitative estimate of drug-likeness (QED) is 0.647. The number of carbonyl (C=O) groups excluding carboxylic acids is 1. The molecule has 6 nitrogen and oxygen atoms in total. The number of primary amides is 1. The van der Waals surface area contributed by atoms with Crippen molar-refractivity contribution < 1.29 is 13.2 Å². The van der Waals surface area contributed by atoms with Crippen molar-refractivity contribution in [3.05, 3.63) is 29.3 Å². The summed E-state index contributed by atoms with van der Waals surface area (Å²) in [4.78, 5) is 11.1. The monoisotopic (exact) mass is 315 g/mol. The SMILES string of the molecule is Cc1cc(S(=O)(=O)NC(C)CC(N)=O)ccc1C(N)=S. The fourth-order valence-corrected chi connectivity index (χ4v) is 3.31. The highest BCUT2D eigenvalue weighted by atomic mass is 32.2. The largest absolute Gasteiger partial charge is 0.389 e. The molecule has 110 valence electrons. The number of aryl methyl sites for hydroxylation is 1. The third-order valence-corrected chi connectivity index (χ3v) is 4.44. The summed E-state index contributed by atoms with van der Waals surface area (Å²) in [7, 11) is -3.71. The molecule has 1 aromatic carbocycles. The van der Waals surface area contributed by atoms with Crippen molar-refractivity contribution in [2.24, 2.45) is 11.5 Å². The lowest BCUT2D eigenvalue weighted by Gasteiger charge is -2.13. The Bertz CT molecular complexity index is 641. The second-order valence-corrected chi connectivity index (χ2v) is 6.69. The van der Waals surface area contributed by atoms with Gasteiger partial charge in [-0.1, -0.05) is 18.3 Å². The predicted octanol–water partition coefficient (Wildman–Crippen LogP) is 0.171. The Hall–Kier alpha value is -1.51. The Morgan fingerprint density at radius 2 is 2.00 bits per heavy atom. The van der Waals surface area contributed by atoms with E-state index >= 15 is 0 Å². The van der Waals surface area contributed by atoms with Crippen LogP contribution in [-0.2, 0) is 14.8 Å². The van der Waals surface area contributed by atoms with E-state index in [9.17, 15) is 13.2 Å². The van der Waals surface area contributed by atoms with Crippen LogP contribution in [0.25, 0.3) is 0 Å². The minimum absolute atomic E-state index is 0.0663. The molecule has 0 heterocycles. The molecular weight excluding hydrogens is 298 g/mol. The lowest BCUT2D eigenvalue weighted by atomic mass is 10.1. The number of nitrogens with two attached hydrogens (primary N) is 2. The first-order valence-corrected chi connectivity index (χ1v) is 7.73. The highest BCUT2D eigenvalue weighted by molar-refractivity contribution is 7.89. The molecule has 0 saturated heterocycles. The van der Waals surface area contributed by atoms with Gasteiger partial charge >= 0.3 is 0 Å². The standard InChI is InChI=1S/C12H17N3O3S2/c1-7-5-9(3-4-10(7)12(14)19)20(17,18)15-8(2)6-11(13)16/h3-5,8,15H,6H2,1-2H3,(H2,13,16)(H2,14,19). The Balaban J connectivity index is 3.02. The Morgan fingerprint density at radius 1 is 1.40 bits per heavy atom. The minimum Gasteiger partial charge on any atom is -0.389 e. The molecule has 1 unspecified atom stereocenters. The molecule has 5 N–H and O–H groups in total. The highest BCUT2D eigenvalue weighted by Gasteiger charge is 2.19. The fraction of sp³-hybridized carbons (Fsp3) is 0.333. The van der Waals surface area contributed by atoms with E-state index in [0.717, 1.165) is 0 Å². The number of nitrogens with one attached hydrogen (secondary N) is 1. The number of sulfonamides is 1. The summed E-state index contributed by atoms with van der Waals surface area (Å²) in [5, 5.41) is 0. The zero-order valence-corrected chi connectivity index (χ0v) is 12.8. The lowest BCUT2D eigenvalue weighted by molar-refractivity contribution is -0.118. The molecule has 0 bridgehead atoms. The maximum absolute atomic E-state index is 12.1. The molecule has 1 amide bonds.